The number of hydrogen-bond acceptors (Lipinski definition) is 3. The molecule has 1 amide bonds. The van der Waals surface area contributed by atoms with Crippen molar-refractivity contribution in [3.8, 4) is 0 Å². The number of hydrogen-bond donors (Lipinski definition) is 1. The number of nitrogens with zero attached hydrogens (tertiary/aromatic N) is 2. The lowest BCUT2D eigenvalue weighted by atomic mass is 10.1. The van der Waals surface area contributed by atoms with E-state index in [1.165, 1.54) is 18.2 Å². The Hall–Kier alpha value is -1.72. The van der Waals surface area contributed by atoms with E-state index < -0.39 is 0 Å². The number of piperazine rings is 1. The number of amides is 1. The average Bonchev–Trinajstić information content (AvgIpc) is 2.46. The van der Waals surface area contributed by atoms with Gasteiger partial charge < -0.3 is 15.5 Å². The third kappa shape index (κ3) is 3.65. The number of halogens is 1. The van der Waals surface area contributed by atoms with E-state index in [1.54, 1.807) is 23.1 Å². The summed E-state index contributed by atoms with van der Waals surface area (Å²) in [6, 6.07) is 6.09. The maximum atomic E-state index is 12.8. The quantitative estimate of drug-likeness (QED) is 0.837. The molecule has 1 atom stereocenters. The minimum atomic E-state index is -0.282. The topological polar surface area (TPSA) is 49.6 Å². The zero-order chi connectivity index (χ0) is 14.5. The molecule has 0 saturated carbocycles. The lowest BCUT2D eigenvalue weighted by Gasteiger charge is -2.39. The Morgan fingerprint density at radius 2 is 2.10 bits per heavy atom. The highest BCUT2D eigenvalue weighted by Gasteiger charge is 2.26. The first-order valence-corrected chi connectivity index (χ1v) is 6.73. The molecular weight excluding hydrogens is 257 g/mol. The molecule has 1 saturated heterocycles. The summed E-state index contributed by atoms with van der Waals surface area (Å²) in [6.07, 6.45) is 3.23. The van der Waals surface area contributed by atoms with E-state index in [4.69, 9.17) is 5.73 Å². The van der Waals surface area contributed by atoms with Crippen molar-refractivity contribution in [3.63, 3.8) is 0 Å². The van der Waals surface area contributed by atoms with Gasteiger partial charge in [-0.15, -0.1) is 0 Å². The first-order chi connectivity index (χ1) is 9.60. The minimum absolute atomic E-state index is 0.0436. The number of carbonyl (C=O) groups excluding carboxylic acids is 1. The van der Waals surface area contributed by atoms with Crippen LogP contribution in [-0.4, -0.2) is 55.0 Å². The van der Waals surface area contributed by atoms with E-state index in [0.717, 1.165) is 18.7 Å². The van der Waals surface area contributed by atoms with Crippen LogP contribution >= 0.6 is 0 Å². The zero-order valence-corrected chi connectivity index (χ0v) is 11.6. The second-order valence-electron chi connectivity index (χ2n) is 5.07. The molecule has 1 aromatic carbocycles. The molecule has 1 fully saturated rings. The predicted molar refractivity (Wildman–Crippen MR) is 77.5 cm³/mol. The summed E-state index contributed by atoms with van der Waals surface area (Å²) < 4.78 is 12.8. The van der Waals surface area contributed by atoms with Gasteiger partial charge >= 0.3 is 0 Å². The standard InChI is InChI=1S/C15H20FN3O/c1-18-8-9-19(14(10-17)11-18)15(20)7-4-12-2-5-13(16)6-3-12/h2-7,14H,8-11,17H2,1H3/b7-4+. The molecule has 2 rings (SSSR count). The maximum absolute atomic E-state index is 12.8. The summed E-state index contributed by atoms with van der Waals surface area (Å²) in [6.45, 7) is 2.80. The fourth-order valence-electron chi connectivity index (χ4n) is 2.34. The molecular formula is C15H20FN3O. The van der Waals surface area contributed by atoms with Gasteiger partial charge in [0, 0.05) is 32.3 Å². The van der Waals surface area contributed by atoms with Gasteiger partial charge in [-0.1, -0.05) is 12.1 Å². The summed E-state index contributed by atoms with van der Waals surface area (Å²) in [7, 11) is 2.03. The number of benzene rings is 1. The lowest BCUT2D eigenvalue weighted by molar-refractivity contribution is -0.130. The Labute approximate surface area is 118 Å². The number of rotatable bonds is 3. The molecule has 0 bridgehead atoms. The number of likely N-dealkylation sites (N-methyl/N-ethyl adjacent to an activating group) is 1. The van der Waals surface area contributed by atoms with Crippen LogP contribution in [0, 0.1) is 5.82 Å². The van der Waals surface area contributed by atoms with E-state index in [-0.39, 0.29) is 17.8 Å². The van der Waals surface area contributed by atoms with Crippen molar-refractivity contribution in [3.05, 3.63) is 41.7 Å². The van der Waals surface area contributed by atoms with Crippen LogP contribution in [0.15, 0.2) is 30.3 Å². The Bertz CT molecular complexity index is 486. The van der Waals surface area contributed by atoms with E-state index >= 15 is 0 Å². The van der Waals surface area contributed by atoms with Crippen molar-refractivity contribution in [2.24, 2.45) is 5.73 Å². The molecule has 0 aliphatic carbocycles. The van der Waals surface area contributed by atoms with Gasteiger partial charge in [-0.05, 0) is 30.8 Å². The SMILES string of the molecule is CN1CCN(C(=O)/C=C/c2ccc(F)cc2)C(CN)C1. The van der Waals surface area contributed by atoms with E-state index in [9.17, 15) is 9.18 Å². The molecule has 1 heterocycles. The van der Waals surface area contributed by atoms with Crippen LogP contribution in [-0.2, 0) is 4.79 Å². The first-order valence-electron chi connectivity index (χ1n) is 6.73. The van der Waals surface area contributed by atoms with Gasteiger partial charge in [-0.3, -0.25) is 4.79 Å². The number of carbonyl (C=O) groups is 1. The van der Waals surface area contributed by atoms with Gasteiger partial charge in [0.05, 0.1) is 6.04 Å². The fourth-order valence-corrected chi connectivity index (χ4v) is 2.34. The maximum Gasteiger partial charge on any atom is 0.246 e. The number of nitrogens with two attached hydrogens (primary N) is 1. The highest BCUT2D eigenvalue weighted by atomic mass is 19.1. The second kappa shape index (κ2) is 6.63. The van der Waals surface area contributed by atoms with Crippen molar-refractivity contribution in [2.75, 3.05) is 33.2 Å². The van der Waals surface area contributed by atoms with Crippen molar-refractivity contribution in [1.82, 2.24) is 9.80 Å². The van der Waals surface area contributed by atoms with Gasteiger partial charge in [0.2, 0.25) is 5.91 Å². The summed E-state index contributed by atoms with van der Waals surface area (Å²) in [5.41, 5.74) is 6.54. The van der Waals surface area contributed by atoms with Crippen LogP contribution in [0.4, 0.5) is 4.39 Å². The third-order valence-electron chi connectivity index (χ3n) is 3.53. The van der Waals surface area contributed by atoms with Crippen molar-refractivity contribution in [2.45, 2.75) is 6.04 Å². The summed E-state index contributed by atoms with van der Waals surface area (Å²) in [4.78, 5) is 16.2. The normalized spacial score (nSPS) is 20.6. The lowest BCUT2D eigenvalue weighted by Crippen LogP contribution is -2.56. The van der Waals surface area contributed by atoms with Crippen LogP contribution in [0.1, 0.15) is 5.56 Å². The van der Waals surface area contributed by atoms with Gasteiger partial charge in [-0.25, -0.2) is 4.39 Å². The molecule has 1 aliphatic rings. The summed E-state index contributed by atoms with van der Waals surface area (Å²) in [5.74, 6) is -0.325. The van der Waals surface area contributed by atoms with Crippen LogP contribution in [0.5, 0.6) is 0 Å². The monoisotopic (exact) mass is 277 g/mol. The third-order valence-corrected chi connectivity index (χ3v) is 3.53. The summed E-state index contributed by atoms with van der Waals surface area (Å²) >= 11 is 0. The molecule has 0 radical (unpaired) electrons. The highest BCUT2D eigenvalue weighted by Crippen LogP contribution is 2.10. The molecule has 0 spiro atoms. The van der Waals surface area contributed by atoms with Gasteiger partial charge in [0.15, 0.2) is 0 Å². The molecule has 0 aromatic heterocycles. The Morgan fingerprint density at radius 3 is 2.75 bits per heavy atom. The first kappa shape index (κ1) is 14.7. The molecule has 1 aromatic rings. The van der Waals surface area contributed by atoms with Crippen LogP contribution in [0.3, 0.4) is 0 Å². The predicted octanol–water partition coefficient (Wildman–Crippen LogP) is 0.940. The smallest absolute Gasteiger partial charge is 0.246 e. The largest absolute Gasteiger partial charge is 0.332 e. The fraction of sp³-hybridized carbons (Fsp3) is 0.400. The van der Waals surface area contributed by atoms with Gasteiger partial charge in [-0.2, -0.15) is 0 Å². The van der Waals surface area contributed by atoms with E-state index in [1.807, 2.05) is 7.05 Å². The van der Waals surface area contributed by atoms with Crippen LogP contribution in [0.2, 0.25) is 0 Å². The molecule has 5 heteroatoms. The van der Waals surface area contributed by atoms with Crippen molar-refractivity contribution >= 4 is 12.0 Å². The second-order valence-corrected chi connectivity index (χ2v) is 5.07. The molecule has 2 N–H and O–H groups in total. The van der Waals surface area contributed by atoms with Crippen molar-refractivity contribution < 1.29 is 9.18 Å². The van der Waals surface area contributed by atoms with Crippen LogP contribution < -0.4 is 5.73 Å². The van der Waals surface area contributed by atoms with Gasteiger partial charge in [0.1, 0.15) is 5.82 Å². The Balaban J connectivity index is 2.01. The average molecular weight is 277 g/mol. The Morgan fingerprint density at radius 1 is 1.40 bits per heavy atom. The Kier molecular flexibility index (Phi) is 4.87. The molecule has 1 aliphatic heterocycles. The van der Waals surface area contributed by atoms with Crippen LogP contribution in [0.25, 0.3) is 6.08 Å². The molecule has 108 valence electrons. The minimum Gasteiger partial charge on any atom is -0.332 e. The molecule has 20 heavy (non-hydrogen) atoms. The van der Waals surface area contributed by atoms with E-state index in [2.05, 4.69) is 4.90 Å². The molecule has 4 nitrogen and oxygen atoms in total. The van der Waals surface area contributed by atoms with E-state index in [0.29, 0.717) is 13.1 Å². The zero-order valence-electron chi connectivity index (χ0n) is 11.6. The highest BCUT2D eigenvalue weighted by molar-refractivity contribution is 5.92. The summed E-state index contributed by atoms with van der Waals surface area (Å²) in [5, 5.41) is 0. The van der Waals surface area contributed by atoms with Crippen molar-refractivity contribution in [1.29, 1.82) is 0 Å². The molecule has 1 unspecified atom stereocenters. The van der Waals surface area contributed by atoms with Gasteiger partial charge in [0.25, 0.3) is 0 Å².